The second-order valence-corrected chi connectivity index (χ2v) is 10.4. The molecule has 1 heterocycles. The zero-order valence-corrected chi connectivity index (χ0v) is 15.6. The van der Waals surface area contributed by atoms with E-state index >= 15 is 0 Å². The van der Waals surface area contributed by atoms with Crippen LogP contribution < -0.4 is 0 Å². The minimum Gasteiger partial charge on any atom is -0.228 e. The minimum atomic E-state index is -4.44. The van der Waals surface area contributed by atoms with Crippen LogP contribution in [0, 0.1) is 17.5 Å². The van der Waals surface area contributed by atoms with E-state index in [1.54, 1.807) is 0 Å². The monoisotopic (exact) mass is 419 g/mol. The number of hydrogen-bond donors (Lipinski definition) is 0. The van der Waals surface area contributed by atoms with Crippen LogP contribution in [0.2, 0.25) is 0 Å². The van der Waals surface area contributed by atoms with Crippen molar-refractivity contribution in [2.24, 2.45) is 0 Å². The lowest BCUT2D eigenvalue weighted by Gasteiger charge is -2.20. The summed E-state index contributed by atoms with van der Waals surface area (Å²) in [6.07, 6.45) is -0.195. The topological polar surface area (TPSA) is 71.5 Å². The Balaban J connectivity index is 1.96. The van der Waals surface area contributed by atoms with E-state index in [1.807, 2.05) is 0 Å². The van der Waals surface area contributed by atoms with Gasteiger partial charge in [0.1, 0.15) is 22.3 Å². The first-order chi connectivity index (χ1) is 12.6. The van der Waals surface area contributed by atoms with Gasteiger partial charge in [-0.2, -0.15) is 4.31 Å². The largest absolute Gasteiger partial charge is 0.246 e. The molecule has 1 unspecified atom stereocenters. The van der Waals surface area contributed by atoms with Crippen LogP contribution in [0.4, 0.5) is 13.2 Å². The van der Waals surface area contributed by atoms with E-state index < -0.39 is 59.8 Å². The van der Waals surface area contributed by atoms with Crippen molar-refractivity contribution in [3.8, 4) is 0 Å². The Bertz CT molecular complexity index is 1070. The second-order valence-electron chi connectivity index (χ2n) is 6.14. The Hall–Kier alpha value is -1.91. The van der Waals surface area contributed by atoms with Crippen LogP contribution in [0.3, 0.4) is 0 Å². The summed E-state index contributed by atoms with van der Waals surface area (Å²) in [6, 6.07) is 7.42. The molecule has 1 atom stereocenters. The Kier molecular flexibility index (Phi) is 5.33. The molecule has 0 N–H and O–H groups in total. The summed E-state index contributed by atoms with van der Waals surface area (Å²) in [5, 5.41) is -1.21. The van der Waals surface area contributed by atoms with Crippen molar-refractivity contribution in [3.63, 3.8) is 0 Å². The summed E-state index contributed by atoms with van der Waals surface area (Å²) in [5.74, 6) is -3.31. The van der Waals surface area contributed by atoms with Crippen molar-refractivity contribution in [3.05, 3.63) is 65.5 Å². The van der Waals surface area contributed by atoms with Gasteiger partial charge in [0.25, 0.3) is 0 Å². The highest BCUT2D eigenvalue weighted by molar-refractivity contribution is 7.92. The number of sulfonamides is 1. The van der Waals surface area contributed by atoms with Gasteiger partial charge in [0.05, 0.1) is 11.0 Å². The molecule has 146 valence electrons. The fraction of sp³-hybridized carbons (Fsp3) is 0.294. The van der Waals surface area contributed by atoms with Crippen molar-refractivity contribution >= 4 is 19.9 Å². The molecule has 2 aromatic carbocycles. The van der Waals surface area contributed by atoms with Crippen LogP contribution in [0.25, 0.3) is 0 Å². The molecule has 1 aliphatic heterocycles. The Morgan fingerprint density at radius 3 is 2.37 bits per heavy atom. The van der Waals surface area contributed by atoms with Crippen LogP contribution in [-0.4, -0.2) is 40.0 Å². The SMILES string of the molecule is O=S1(=O)CCN(S(=O)(=O)c2cc(F)ccc2F)CCC1c1ccccc1F. The van der Waals surface area contributed by atoms with E-state index in [0.29, 0.717) is 12.1 Å². The molecule has 0 aromatic heterocycles. The van der Waals surface area contributed by atoms with Crippen LogP contribution >= 0.6 is 0 Å². The van der Waals surface area contributed by atoms with Gasteiger partial charge in [0.15, 0.2) is 9.84 Å². The molecular weight excluding hydrogens is 403 g/mol. The fourth-order valence-corrected chi connectivity index (χ4v) is 6.51. The first-order valence-corrected chi connectivity index (χ1v) is 11.2. The molecular formula is C17H16F3NO4S2. The lowest BCUT2D eigenvalue weighted by atomic mass is 10.1. The molecule has 0 amide bonds. The second kappa shape index (κ2) is 7.25. The van der Waals surface area contributed by atoms with Crippen molar-refractivity contribution in [2.75, 3.05) is 18.8 Å². The molecule has 1 aliphatic rings. The molecule has 27 heavy (non-hydrogen) atoms. The van der Waals surface area contributed by atoms with Crippen molar-refractivity contribution in [1.29, 1.82) is 0 Å². The van der Waals surface area contributed by atoms with Crippen LogP contribution in [-0.2, 0) is 19.9 Å². The third-order valence-electron chi connectivity index (χ3n) is 4.46. The molecule has 3 rings (SSSR count). The van der Waals surface area contributed by atoms with E-state index in [1.165, 1.54) is 18.2 Å². The van der Waals surface area contributed by atoms with E-state index in [-0.39, 0.29) is 18.5 Å². The van der Waals surface area contributed by atoms with E-state index in [0.717, 1.165) is 16.4 Å². The van der Waals surface area contributed by atoms with E-state index in [9.17, 15) is 30.0 Å². The van der Waals surface area contributed by atoms with Gasteiger partial charge >= 0.3 is 0 Å². The molecule has 1 fully saturated rings. The molecule has 10 heteroatoms. The molecule has 0 saturated carbocycles. The summed E-state index contributed by atoms with van der Waals surface area (Å²) < 4.78 is 92.7. The predicted molar refractivity (Wildman–Crippen MR) is 92.7 cm³/mol. The van der Waals surface area contributed by atoms with Gasteiger partial charge < -0.3 is 0 Å². The quantitative estimate of drug-likeness (QED) is 0.767. The average Bonchev–Trinajstić information content (AvgIpc) is 2.76. The summed E-state index contributed by atoms with van der Waals surface area (Å²) in [7, 11) is -8.29. The summed E-state index contributed by atoms with van der Waals surface area (Å²) in [4.78, 5) is -0.857. The van der Waals surface area contributed by atoms with Gasteiger partial charge in [0.2, 0.25) is 10.0 Å². The summed E-state index contributed by atoms with van der Waals surface area (Å²) in [6.45, 7) is -0.692. The fourth-order valence-electron chi connectivity index (χ4n) is 3.06. The van der Waals surface area contributed by atoms with Gasteiger partial charge in [-0.3, -0.25) is 0 Å². The number of nitrogens with zero attached hydrogens (tertiary/aromatic N) is 1. The van der Waals surface area contributed by atoms with Crippen molar-refractivity contribution < 1.29 is 30.0 Å². The lowest BCUT2D eigenvalue weighted by molar-refractivity contribution is 0.422. The first-order valence-electron chi connectivity index (χ1n) is 8.04. The van der Waals surface area contributed by atoms with Crippen molar-refractivity contribution in [1.82, 2.24) is 4.31 Å². The molecule has 0 spiro atoms. The standard InChI is InChI=1S/C17H16F3NO4S2/c18-12-5-6-15(20)17(11-12)27(24,25)21-8-7-16(26(22,23)10-9-21)13-3-1-2-4-14(13)19/h1-6,11,16H,7-10H2. The maximum absolute atomic E-state index is 14.1. The van der Waals surface area contributed by atoms with Gasteiger partial charge in [0, 0.05) is 18.7 Å². The Morgan fingerprint density at radius 2 is 1.67 bits per heavy atom. The van der Waals surface area contributed by atoms with Gasteiger partial charge in [-0.05, 0) is 30.7 Å². The predicted octanol–water partition coefficient (Wildman–Crippen LogP) is 2.65. The zero-order valence-electron chi connectivity index (χ0n) is 14.0. The molecule has 2 aromatic rings. The normalized spacial score (nSPS) is 20.9. The minimum absolute atomic E-state index is 0.0336. The third-order valence-corrected chi connectivity index (χ3v) is 8.48. The smallest absolute Gasteiger partial charge is 0.228 e. The van der Waals surface area contributed by atoms with Gasteiger partial charge in [-0.1, -0.05) is 18.2 Å². The number of hydrogen-bond acceptors (Lipinski definition) is 4. The number of halogens is 3. The highest BCUT2D eigenvalue weighted by Gasteiger charge is 2.37. The first kappa shape index (κ1) is 19.8. The molecule has 0 aliphatic carbocycles. The highest BCUT2D eigenvalue weighted by atomic mass is 32.2. The Morgan fingerprint density at radius 1 is 0.963 bits per heavy atom. The number of sulfone groups is 1. The van der Waals surface area contributed by atoms with E-state index in [2.05, 4.69) is 0 Å². The van der Waals surface area contributed by atoms with Crippen LogP contribution in [0.15, 0.2) is 47.4 Å². The molecule has 5 nitrogen and oxygen atoms in total. The number of benzene rings is 2. The maximum Gasteiger partial charge on any atom is 0.246 e. The van der Waals surface area contributed by atoms with Crippen molar-refractivity contribution in [2.45, 2.75) is 16.6 Å². The van der Waals surface area contributed by atoms with Gasteiger partial charge in [-0.15, -0.1) is 0 Å². The summed E-state index contributed by atoms with van der Waals surface area (Å²) in [5.41, 5.74) is -0.0336. The van der Waals surface area contributed by atoms with Crippen LogP contribution in [0.1, 0.15) is 17.2 Å². The maximum atomic E-state index is 14.1. The van der Waals surface area contributed by atoms with E-state index in [4.69, 9.17) is 0 Å². The third kappa shape index (κ3) is 3.87. The number of rotatable bonds is 3. The highest BCUT2D eigenvalue weighted by Crippen LogP contribution is 2.33. The van der Waals surface area contributed by atoms with Crippen LogP contribution in [0.5, 0.6) is 0 Å². The lowest BCUT2D eigenvalue weighted by Crippen LogP contribution is -2.34. The van der Waals surface area contributed by atoms with Gasteiger partial charge in [-0.25, -0.2) is 30.0 Å². The molecule has 0 bridgehead atoms. The Labute approximate surface area is 155 Å². The molecule has 0 radical (unpaired) electrons. The average molecular weight is 419 g/mol. The zero-order chi connectivity index (χ0) is 19.8. The molecule has 1 saturated heterocycles. The summed E-state index contributed by atoms with van der Waals surface area (Å²) >= 11 is 0.